The third kappa shape index (κ3) is 4.11. The van der Waals surface area contributed by atoms with Gasteiger partial charge in [0, 0.05) is 26.3 Å². The number of carbonyl (C=O) groups is 1. The molecule has 2 fully saturated rings. The van der Waals surface area contributed by atoms with Crippen LogP contribution in [0.4, 0.5) is 0 Å². The predicted octanol–water partition coefficient (Wildman–Crippen LogP) is 1.42. The monoisotopic (exact) mass is 276 g/mol. The van der Waals surface area contributed by atoms with Crippen LogP contribution in [0.3, 0.4) is 0 Å². The van der Waals surface area contributed by atoms with Gasteiger partial charge in [-0.3, -0.25) is 4.79 Å². The van der Waals surface area contributed by atoms with Crippen molar-refractivity contribution < 1.29 is 9.53 Å². The maximum atomic E-state index is 12.3. The summed E-state index contributed by atoms with van der Waals surface area (Å²) < 4.78 is 5.31. The molecule has 0 spiro atoms. The van der Waals surface area contributed by atoms with E-state index in [0.717, 1.165) is 45.1 Å². The molecule has 5 heteroatoms. The van der Waals surface area contributed by atoms with Gasteiger partial charge in [-0.15, -0.1) is 12.4 Å². The van der Waals surface area contributed by atoms with Crippen molar-refractivity contribution in [3.63, 3.8) is 0 Å². The molecule has 106 valence electrons. The second-order valence-electron chi connectivity index (χ2n) is 5.30. The zero-order chi connectivity index (χ0) is 12.3. The largest absolute Gasteiger partial charge is 0.381 e. The van der Waals surface area contributed by atoms with E-state index in [9.17, 15) is 4.79 Å². The van der Waals surface area contributed by atoms with Gasteiger partial charge in [-0.05, 0) is 44.4 Å². The summed E-state index contributed by atoms with van der Waals surface area (Å²) in [6, 6.07) is -0.322. The van der Waals surface area contributed by atoms with Crippen molar-refractivity contribution in [1.29, 1.82) is 0 Å². The Hall–Kier alpha value is -0.320. The second kappa shape index (κ2) is 7.31. The highest BCUT2D eigenvalue weighted by atomic mass is 35.5. The van der Waals surface area contributed by atoms with Crippen molar-refractivity contribution >= 4 is 18.3 Å². The molecular weight excluding hydrogens is 252 g/mol. The molecule has 0 aromatic heterocycles. The van der Waals surface area contributed by atoms with Gasteiger partial charge >= 0.3 is 0 Å². The number of nitrogens with zero attached hydrogens (tertiary/aromatic N) is 1. The molecule has 0 bridgehead atoms. The Morgan fingerprint density at radius 3 is 2.44 bits per heavy atom. The van der Waals surface area contributed by atoms with Gasteiger partial charge in [0.25, 0.3) is 0 Å². The number of rotatable bonds is 5. The summed E-state index contributed by atoms with van der Waals surface area (Å²) in [6.07, 6.45) is 4.40. The molecule has 1 heterocycles. The summed E-state index contributed by atoms with van der Waals surface area (Å²) in [5.74, 6) is 1.19. The Morgan fingerprint density at radius 2 is 1.94 bits per heavy atom. The highest BCUT2D eigenvalue weighted by molar-refractivity contribution is 5.85. The van der Waals surface area contributed by atoms with Crippen LogP contribution in [0.15, 0.2) is 0 Å². The molecule has 1 aliphatic heterocycles. The van der Waals surface area contributed by atoms with E-state index in [1.165, 1.54) is 12.8 Å². The van der Waals surface area contributed by atoms with Crippen LogP contribution in [-0.4, -0.2) is 43.2 Å². The van der Waals surface area contributed by atoms with Crippen LogP contribution in [0, 0.1) is 11.8 Å². The van der Waals surface area contributed by atoms with Crippen LogP contribution >= 0.6 is 12.4 Å². The van der Waals surface area contributed by atoms with Gasteiger partial charge < -0.3 is 15.4 Å². The molecule has 1 amide bonds. The van der Waals surface area contributed by atoms with Gasteiger partial charge in [-0.25, -0.2) is 0 Å². The number of nitrogens with two attached hydrogens (primary N) is 1. The SMILES string of the molecule is CCN(CC1CC1)C(=O)C(N)C1CCOCC1.Cl. The smallest absolute Gasteiger partial charge is 0.239 e. The predicted molar refractivity (Wildman–Crippen MR) is 73.7 cm³/mol. The molecular formula is C13H25ClN2O2. The fourth-order valence-corrected chi connectivity index (χ4v) is 2.47. The van der Waals surface area contributed by atoms with Crippen molar-refractivity contribution in [2.24, 2.45) is 17.6 Å². The molecule has 0 aromatic rings. The van der Waals surface area contributed by atoms with Crippen LogP contribution in [-0.2, 0) is 9.53 Å². The van der Waals surface area contributed by atoms with Crippen LogP contribution in [0.5, 0.6) is 0 Å². The normalized spacial score (nSPS) is 22.1. The quantitative estimate of drug-likeness (QED) is 0.826. The highest BCUT2D eigenvalue weighted by Gasteiger charge is 2.32. The first-order valence-electron chi connectivity index (χ1n) is 6.84. The summed E-state index contributed by atoms with van der Waals surface area (Å²) in [4.78, 5) is 14.2. The van der Waals surface area contributed by atoms with Gasteiger partial charge in [0.15, 0.2) is 0 Å². The van der Waals surface area contributed by atoms with E-state index in [4.69, 9.17) is 10.5 Å². The van der Waals surface area contributed by atoms with Gasteiger partial charge in [0.2, 0.25) is 5.91 Å². The lowest BCUT2D eigenvalue weighted by molar-refractivity contribution is -0.134. The van der Waals surface area contributed by atoms with Gasteiger partial charge in [-0.1, -0.05) is 0 Å². The molecule has 1 atom stereocenters. The minimum absolute atomic E-state index is 0. The number of hydrogen-bond acceptors (Lipinski definition) is 3. The van der Waals surface area contributed by atoms with Crippen molar-refractivity contribution in [1.82, 2.24) is 4.90 Å². The maximum absolute atomic E-state index is 12.3. The molecule has 0 radical (unpaired) electrons. The summed E-state index contributed by atoms with van der Waals surface area (Å²) in [6.45, 7) is 5.23. The first-order chi connectivity index (χ1) is 8.22. The molecule has 18 heavy (non-hydrogen) atoms. The lowest BCUT2D eigenvalue weighted by Gasteiger charge is -2.31. The van der Waals surface area contributed by atoms with E-state index in [1.807, 2.05) is 11.8 Å². The fourth-order valence-electron chi connectivity index (χ4n) is 2.47. The number of likely N-dealkylation sites (N-methyl/N-ethyl adjacent to an activating group) is 1. The van der Waals surface area contributed by atoms with Gasteiger partial charge in [0.05, 0.1) is 6.04 Å². The Balaban J connectivity index is 0.00000162. The summed E-state index contributed by atoms with van der Waals surface area (Å²) in [7, 11) is 0. The topological polar surface area (TPSA) is 55.6 Å². The lowest BCUT2D eigenvalue weighted by Crippen LogP contribution is -2.49. The molecule has 4 nitrogen and oxygen atoms in total. The zero-order valence-corrected chi connectivity index (χ0v) is 12.0. The van der Waals surface area contributed by atoms with E-state index in [2.05, 4.69) is 0 Å². The van der Waals surface area contributed by atoms with Crippen molar-refractivity contribution in [3.8, 4) is 0 Å². The summed E-state index contributed by atoms with van der Waals surface area (Å²) in [5.41, 5.74) is 6.12. The summed E-state index contributed by atoms with van der Waals surface area (Å²) in [5, 5.41) is 0. The maximum Gasteiger partial charge on any atom is 0.239 e. The third-order valence-corrected chi connectivity index (χ3v) is 3.93. The van der Waals surface area contributed by atoms with Crippen LogP contribution in [0.25, 0.3) is 0 Å². The Labute approximate surface area is 116 Å². The molecule has 2 N–H and O–H groups in total. The second-order valence-corrected chi connectivity index (χ2v) is 5.30. The van der Waals surface area contributed by atoms with E-state index in [1.54, 1.807) is 0 Å². The third-order valence-electron chi connectivity index (χ3n) is 3.93. The van der Waals surface area contributed by atoms with E-state index in [-0.39, 0.29) is 24.4 Å². The Morgan fingerprint density at radius 1 is 1.33 bits per heavy atom. The van der Waals surface area contributed by atoms with E-state index < -0.39 is 0 Å². The summed E-state index contributed by atoms with van der Waals surface area (Å²) >= 11 is 0. The van der Waals surface area contributed by atoms with Gasteiger partial charge in [-0.2, -0.15) is 0 Å². The van der Waals surface area contributed by atoms with Crippen molar-refractivity contribution in [2.75, 3.05) is 26.3 Å². The minimum Gasteiger partial charge on any atom is -0.381 e. The minimum atomic E-state index is -0.322. The lowest BCUT2D eigenvalue weighted by atomic mass is 9.91. The molecule has 1 saturated carbocycles. The van der Waals surface area contributed by atoms with Crippen LogP contribution in [0.1, 0.15) is 32.6 Å². The number of halogens is 1. The number of amides is 1. The van der Waals surface area contributed by atoms with Crippen LogP contribution in [0.2, 0.25) is 0 Å². The molecule has 2 aliphatic rings. The molecule has 1 unspecified atom stereocenters. The molecule has 1 aliphatic carbocycles. The average Bonchev–Trinajstić information content (AvgIpc) is 3.19. The Bertz CT molecular complexity index is 266. The first kappa shape index (κ1) is 15.7. The molecule has 0 aromatic carbocycles. The van der Waals surface area contributed by atoms with Crippen LogP contribution < -0.4 is 5.73 Å². The number of carbonyl (C=O) groups excluding carboxylic acids is 1. The standard InChI is InChI=1S/C13H24N2O2.ClH/c1-2-15(9-10-3-4-10)13(16)12(14)11-5-7-17-8-6-11;/h10-12H,2-9,14H2,1H3;1H. The van der Waals surface area contributed by atoms with E-state index in [0.29, 0.717) is 5.92 Å². The molecule has 1 saturated heterocycles. The average molecular weight is 277 g/mol. The van der Waals surface area contributed by atoms with Crippen molar-refractivity contribution in [3.05, 3.63) is 0 Å². The van der Waals surface area contributed by atoms with Gasteiger partial charge in [0.1, 0.15) is 0 Å². The van der Waals surface area contributed by atoms with E-state index >= 15 is 0 Å². The van der Waals surface area contributed by atoms with Crippen molar-refractivity contribution in [2.45, 2.75) is 38.6 Å². The number of hydrogen-bond donors (Lipinski definition) is 1. The first-order valence-corrected chi connectivity index (χ1v) is 6.84. The fraction of sp³-hybridized carbons (Fsp3) is 0.923. The Kier molecular flexibility index (Phi) is 6.39. The highest BCUT2D eigenvalue weighted by Crippen LogP contribution is 2.30. The number of ether oxygens (including phenoxy) is 1. The zero-order valence-electron chi connectivity index (χ0n) is 11.1. The molecule has 2 rings (SSSR count).